The zero-order valence-corrected chi connectivity index (χ0v) is 21.6. The lowest BCUT2D eigenvalue weighted by atomic mass is 10.2. The molecule has 0 aliphatic carbocycles. The van der Waals surface area contributed by atoms with Crippen LogP contribution in [0.25, 0.3) is 0 Å². The van der Waals surface area contributed by atoms with Crippen LogP contribution in [-0.4, -0.2) is 75.2 Å². The molecule has 1 fully saturated rings. The molecule has 1 aliphatic heterocycles. The van der Waals surface area contributed by atoms with Crippen molar-refractivity contribution in [3.05, 3.63) is 24.3 Å². The van der Waals surface area contributed by atoms with Crippen LogP contribution in [0.3, 0.4) is 0 Å². The maximum Gasteiger partial charge on any atom is 0.409 e. The van der Waals surface area contributed by atoms with Crippen molar-refractivity contribution in [2.45, 2.75) is 63.8 Å². The number of hydrogen-bond acceptors (Lipinski definition) is 7. The third-order valence-corrected chi connectivity index (χ3v) is 7.45. The Balaban J connectivity index is 2.24. The fourth-order valence-electron chi connectivity index (χ4n) is 3.46. The van der Waals surface area contributed by atoms with Crippen molar-refractivity contribution in [2.24, 2.45) is 0 Å². The third-order valence-electron chi connectivity index (χ3n) is 5.52. The van der Waals surface area contributed by atoms with E-state index in [9.17, 15) is 18.0 Å². The second-order valence-corrected chi connectivity index (χ2v) is 9.97. The molecular formula is C25H36N2O7S. The van der Waals surface area contributed by atoms with Gasteiger partial charge in [-0.3, -0.25) is 4.79 Å². The Morgan fingerprint density at radius 2 is 1.66 bits per heavy atom. The van der Waals surface area contributed by atoms with Crippen LogP contribution in [-0.2, 0) is 24.3 Å². The van der Waals surface area contributed by atoms with Gasteiger partial charge in [0.25, 0.3) is 0 Å². The number of benzene rings is 1. The molecule has 1 saturated heterocycles. The molecule has 1 aliphatic rings. The minimum Gasteiger partial charge on any atom is -0.481 e. The van der Waals surface area contributed by atoms with E-state index < -0.39 is 28.1 Å². The Bertz CT molecular complexity index is 983. The Hall–Kier alpha value is -2.77. The van der Waals surface area contributed by atoms with Gasteiger partial charge in [-0.1, -0.05) is 32.6 Å². The molecule has 1 aromatic rings. The zero-order valence-electron chi connectivity index (χ0n) is 20.8. The first kappa shape index (κ1) is 28.5. The summed E-state index contributed by atoms with van der Waals surface area (Å²) >= 11 is 0. The summed E-state index contributed by atoms with van der Waals surface area (Å²) in [5, 5.41) is 0. The van der Waals surface area contributed by atoms with Gasteiger partial charge in [0, 0.05) is 19.6 Å². The van der Waals surface area contributed by atoms with Crippen molar-refractivity contribution in [3.63, 3.8) is 0 Å². The molecule has 0 radical (unpaired) electrons. The lowest BCUT2D eigenvalue weighted by Crippen LogP contribution is -2.46. The quantitative estimate of drug-likeness (QED) is 0.256. The first-order valence-electron chi connectivity index (χ1n) is 12.1. The number of unbranched alkanes of at least 4 members (excludes halogenated alkanes) is 2. The molecule has 1 atom stereocenters. The van der Waals surface area contributed by atoms with Gasteiger partial charge >= 0.3 is 12.1 Å². The molecule has 1 amide bonds. The number of esters is 1. The number of amides is 1. The highest BCUT2D eigenvalue weighted by Gasteiger charge is 2.40. The molecule has 9 nitrogen and oxygen atoms in total. The van der Waals surface area contributed by atoms with E-state index in [1.807, 2.05) is 13.8 Å². The van der Waals surface area contributed by atoms with Gasteiger partial charge in [0.1, 0.15) is 18.4 Å². The van der Waals surface area contributed by atoms with Crippen LogP contribution < -0.4 is 4.74 Å². The molecule has 10 heteroatoms. The molecule has 0 saturated carbocycles. The molecule has 0 spiro atoms. The number of nitrogens with zero attached hydrogens (tertiary/aromatic N) is 2. The number of sulfonamides is 1. The molecule has 35 heavy (non-hydrogen) atoms. The summed E-state index contributed by atoms with van der Waals surface area (Å²) in [4.78, 5) is 26.9. The summed E-state index contributed by atoms with van der Waals surface area (Å²) in [6.45, 7) is 6.64. The average molecular weight is 509 g/mol. The SMILES string of the molecule is CC#CCOc1ccc(S(=O)(=O)N2CCN(C(=O)OCCCC)CCC2C(=O)OCCCC)cc1. The lowest BCUT2D eigenvalue weighted by Gasteiger charge is -2.27. The highest BCUT2D eigenvalue weighted by atomic mass is 32.2. The van der Waals surface area contributed by atoms with E-state index >= 15 is 0 Å². The Labute approximate surface area is 208 Å². The van der Waals surface area contributed by atoms with Gasteiger partial charge in [-0.15, -0.1) is 5.92 Å². The van der Waals surface area contributed by atoms with E-state index in [0.29, 0.717) is 18.8 Å². The largest absolute Gasteiger partial charge is 0.481 e. The molecule has 194 valence electrons. The first-order chi connectivity index (χ1) is 16.8. The number of rotatable bonds is 11. The van der Waals surface area contributed by atoms with E-state index in [1.54, 1.807) is 19.1 Å². The molecule has 1 heterocycles. The average Bonchev–Trinajstić information content (AvgIpc) is 3.09. The Morgan fingerprint density at radius 1 is 1.00 bits per heavy atom. The summed E-state index contributed by atoms with van der Waals surface area (Å²) in [7, 11) is -4.05. The van der Waals surface area contributed by atoms with E-state index in [0.717, 1.165) is 23.6 Å². The summed E-state index contributed by atoms with van der Waals surface area (Å²) in [6, 6.07) is 4.93. The van der Waals surface area contributed by atoms with E-state index in [4.69, 9.17) is 14.2 Å². The van der Waals surface area contributed by atoms with Gasteiger partial charge in [-0.25, -0.2) is 13.2 Å². The van der Waals surface area contributed by atoms with Crippen LogP contribution in [0.2, 0.25) is 0 Å². The van der Waals surface area contributed by atoms with Crippen molar-refractivity contribution in [3.8, 4) is 17.6 Å². The van der Waals surface area contributed by atoms with Gasteiger partial charge in [0.2, 0.25) is 10.0 Å². The lowest BCUT2D eigenvalue weighted by molar-refractivity contribution is -0.148. The monoisotopic (exact) mass is 508 g/mol. The summed E-state index contributed by atoms with van der Waals surface area (Å²) in [5.74, 6) is 5.37. The standard InChI is InChI=1S/C25H36N2O7S/c1-4-7-18-32-21-10-12-22(13-11-21)35(30,31)27-17-16-26(25(29)34-20-9-6-3)15-14-23(27)24(28)33-19-8-5-2/h10-13,23H,5-6,8-9,14-20H2,1-3H3. The highest BCUT2D eigenvalue weighted by molar-refractivity contribution is 7.89. The van der Waals surface area contributed by atoms with E-state index in [1.165, 1.54) is 17.0 Å². The minimum atomic E-state index is -4.05. The number of hydrogen-bond donors (Lipinski definition) is 0. The topological polar surface area (TPSA) is 102 Å². The van der Waals surface area contributed by atoms with Crippen LogP contribution in [0, 0.1) is 11.8 Å². The van der Waals surface area contributed by atoms with Crippen LogP contribution in [0.15, 0.2) is 29.2 Å². The van der Waals surface area contributed by atoms with Crippen LogP contribution in [0.1, 0.15) is 52.9 Å². The molecule has 2 rings (SSSR count). The molecule has 0 bridgehead atoms. The number of carbonyl (C=O) groups excluding carboxylic acids is 2. The normalized spacial score (nSPS) is 16.5. The maximum atomic E-state index is 13.6. The van der Waals surface area contributed by atoms with Crippen molar-refractivity contribution in [1.29, 1.82) is 0 Å². The minimum absolute atomic E-state index is 0.0248. The summed E-state index contributed by atoms with van der Waals surface area (Å²) < 4.78 is 44.4. The zero-order chi connectivity index (χ0) is 25.7. The molecular weight excluding hydrogens is 472 g/mol. The third kappa shape index (κ3) is 8.44. The predicted octanol–water partition coefficient (Wildman–Crippen LogP) is 3.43. The van der Waals surface area contributed by atoms with Crippen molar-refractivity contribution < 1.29 is 32.2 Å². The van der Waals surface area contributed by atoms with E-state index in [2.05, 4.69) is 11.8 Å². The molecule has 0 N–H and O–H groups in total. The predicted molar refractivity (Wildman–Crippen MR) is 131 cm³/mol. The molecule has 1 unspecified atom stereocenters. The van der Waals surface area contributed by atoms with Crippen molar-refractivity contribution >= 4 is 22.1 Å². The Kier molecular flexibility index (Phi) is 11.9. The van der Waals surface area contributed by atoms with Crippen LogP contribution in [0.5, 0.6) is 5.75 Å². The van der Waals surface area contributed by atoms with E-state index in [-0.39, 0.29) is 44.2 Å². The van der Waals surface area contributed by atoms with Gasteiger partial charge in [-0.2, -0.15) is 4.31 Å². The van der Waals surface area contributed by atoms with Gasteiger partial charge in [0.05, 0.1) is 18.1 Å². The number of ether oxygens (including phenoxy) is 3. The smallest absolute Gasteiger partial charge is 0.409 e. The number of carbonyl (C=O) groups is 2. The summed E-state index contributed by atoms with van der Waals surface area (Å²) in [5.41, 5.74) is 0. The first-order valence-corrected chi connectivity index (χ1v) is 13.5. The molecule has 1 aromatic carbocycles. The fourth-order valence-corrected chi connectivity index (χ4v) is 5.06. The maximum absolute atomic E-state index is 13.6. The van der Waals surface area contributed by atoms with Gasteiger partial charge < -0.3 is 19.1 Å². The summed E-state index contributed by atoms with van der Waals surface area (Å²) in [6.07, 6.45) is 2.77. The Morgan fingerprint density at radius 3 is 2.29 bits per heavy atom. The molecule has 0 aromatic heterocycles. The van der Waals surface area contributed by atoms with Crippen LogP contribution >= 0.6 is 0 Å². The van der Waals surface area contributed by atoms with Crippen molar-refractivity contribution in [2.75, 3.05) is 39.5 Å². The second-order valence-electron chi connectivity index (χ2n) is 8.08. The highest BCUT2D eigenvalue weighted by Crippen LogP contribution is 2.25. The second kappa shape index (κ2) is 14.6. The van der Waals surface area contributed by atoms with Gasteiger partial charge in [0.15, 0.2) is 0 Å². The van der Waals surface area contributed by atoms with Crippen LogP contribution in [0.4, 0.5) is 4.79 Å². The fraction of sp³-hybridized carbons (Fsp3) is 0.600. The van der Waals surface area contributed by atoms with Gasteiger partial charge in [-0.05, 0) is 50.5 Å². The van der Waals surface area contributed by atoms with Crippen molar-refractivity contribution in [1.82, 2.24) is 9.21 Å².